The monoisotopic (exact) mass is 263 g/mol. The van der Waals surface area contributed by atoms with E-state index in [1.807, 2.05) is 12.4 Å². The highest BCUT2D eigenvalue weighted by atomic mass is 16.5. The molecule has 2 rings (SSSR count). The van der Waals surface area contributed by atoms with Crippen molar-refractivity contribution in [3.05, 3.63) is 30.1 Å². The summed E-state index contributed by atoms with van der Waals surface area (Å²) in [5.74, 6) is 0. The molecular weight excluding hydrogens is 238 g/mol. The Morgan fingerprint density at radius 1 is 1.42 bits per heavy atom. The first-order valence-corrected chi connectivity index (χ1v) is 7.11. The highest BCUT2D eigenvalue weighted by Gasteiger charge is 2.23. The molecule has 1 aromatic heterocycles. The predicted octanol–water partition coefficient (Wildman–Crippen LogP) is 1.32. The van der Waals surface area contributed by atoms with Crippen LogP contribution in [0.3, 0.4) is 0 Å². The van der Waals surface area contributed by atoms with Crippen molar-refractivity contribution in [2.75, 3.05) is 33.9 Å². The standard InChI is InChI=1S/C15H25N3O/c1-18(10-7-13-5-8-16-9-6-13)15(12-19-2)11-17-14-3-4-14/h5-6,8-9,14-15,17H,3-4,7,10-12H2,1-2H3. The molecule has 4 heteroatoms. The van der Waals surface area contributed by atoms with Gasteiger partial charge in [-0.05, 0) is 44.0 Å². The minimum atomic E-state index is 0.451. The largest absolute Gasteiger partial charge is 0.383 e. The topological polar surface area (TPSA) is 37.4 Å². The molecule has 0 radical (unpaired) electrons. The van der Waals surface area contributed by atoms with E-state index in [0.29, 0.717) is 6.04 Å². The van der Waals surface area contributed by atoms with Gasteiger partial charge in [0, 0.05) is 44.7 Å². The number of nitrogens with one attached hydrogen (secondary N) is 1. The summed E-state index contributed by atoms with van der Waals surface area (Å²) in [6.07, 6.45) is 7.44. The van der Waals surface area contributed by atoms with Crippen LogP contribution in [0.15, 0.2) is 24.5 Å². The van der Waals surface area contributed by atoms with Crippen LogP contribution in [0.1, 0.15) is 18.4 Å². The molecule has 1 atom stereocenters. The van der Waals surface area contributed by atoms with E-state index in [4.69, 9.17) is 4.74 Å². The SMILES string of the molecule is COCC(CNC1CC1)N(C)CCc1ccncc1. The van der Waals surface area contributed by atoms with Crippen LogP contribution >= 0.6 is 0 Å². The van der Waals surface area contributed by atoms with Crippen molar-refractivity contribution < 1.29 is 4.74 Å². The minimum absolute atomic E-state index is 0.451. The summed E-state index contributed by atoms with van der Waals surface area (Å²) in [5.41, 5.74) is 1.34. The van der Waals surface area contributed by atoms with Crippen molar-refractivity contribution in [2.24, 2.45) is 0 Å². The lowest BCUT2D eigenvalue weighted by Crippen LogP contribution is -2.44. The Balaban J connectivity index is 1.75. The Labute approximate surface area is 116 Å². The summed E-state index contributed by atoms with van der Waals surface area (Å²) >= 11 is 0. The van der Waals surface area contributed by atoms with E-state index in [1.165, 1.54) is 18.4 Å². The lowest BCUT2D eigenvalue weighted by atomic mass is 10.1. The summed E-state index contributed by atoms with van der Waals surface area (Å²) in [6, 6.07) is 5.38. The van der Waals surface area contributed by atoms with Crippen LogP contribution in [0.2, 0.25) is 0 Å². The van der Waals surface area contributed by atoms with E-state index in [0.717, 1.165) is 32.2 Å². The molecule has 0 aromatic carbocycles. The van der Waals surface area contributed by atoms with E-state index in [-0.39, 0.29) is 0 Å². The van der Waals surface area contributed by atoms with Crippen LogP contribution in [0.25, 0.3) is 0 Å². The third-order valence-corrected chi connectivity index (χ3v) is 3.70. The van der Waals surface area contributed by atoms with Crippen LogP contribution < -0.4 is 5.32 Å². The molecule has 0 spiro atoms. The van der Waals surface area contributed by atoms with E-state index >= 15 is 0 Å². The third kappa shape index (κ3) is 5.27. The molecule has 0 aliphatic heterocycles. The average Bonchev–Trinajstić information content (AvgIpc) is 3.26. The third-order valence-electron chi connectivity index (χ3n) is 3.70. The Morgan fingerprint density at radius 3 is 2.79 bits per heavy atom. The molecular formula is C15H25N3O. The first-order chi connectivity index (χ1) is 9.29. The van der Waals surface area contributed by atoms with Crippen LogP contribution in [0.4, 0.5) is 0 Å². The normalized spacial score (nSPS) is 16.8. The van der Waals surface area contributed by atoms with Gasteiger partial charge in [-0.1, -0.05) is 0 Å². The number of methoxy groups -OCH3 is 1. The molecule has 1 unspecified atom stereocenters. The maximum absolute atomic E-state index is 5.34. The summed E-state index contributed by atoms with van der Waals surface area (Å²) in [5, 5.41) is 3.59. The smallest absolute Gasteiger partial charge is 0.0630 e. The summed E-state index contributed by atoms with van der Waals surface area (Å²) in [6.45, 7) is 2.85. The van der Waals surface area contributed by atoms with Crippen LogP contribution in [0.5, 0.6) is 0 Å². The number of rotatable bonds is 9. The van der Waals surface area contributed by atoms with Gasteiger partial charge in [0.1, 0.15) is 0 Å². The van der Waals surface area contributed by atoms with E-state index < -0.39 is 0 Å². The van der Waals surface area contributed by atoms with Crippen LogP contribution in [0, 0.1) is 0 Å². The van der Waals surface area contributed by atoms with Gasteiger partial charge in [-0.25, -0.2) is 0 Å². The molecule has 19 heavy (non-hydrogen) atoms. The fraction of sp³-hybridized carbons (Fsp3) is 0.667. The van der Waals surface area contributed by atoms with Gasteiger partial charge in [0.25, 0.3) is 0 Å². The zero-order valence-electron chi connectivity index (χ0n) is 12.0. The second-order valence-corrected chi connectivity index (χ2v) is 5.38. The number of likely N-dealkylation sites (N-methyl/N-ethyl adjacent to an activating group) is 1. The number of aromatic nitrogens is 1. The maximum atomic E-state index is 5.34. The lowest BCUT2D eigenvalue weighted by Gasteiger charge is -2.28. The fourth-order valence-corrected chi connectivity index (χ4v) is 2.16. The Kier molecular flexibility index (Phi) is 5.76. The Hall–Kier alpha value is -0.970. The fourth-order valence-electron chi connectivity index (χ4n) is 2.16. The summed E-state index contributed by atoms with van der Waals surface area (Å²) in [7, 11) is 3.96. The number of hydrogen-bond donors (Lipinski definition) is 1. The first-order valence-electron chi connectivity index (χ1n) is 7.11. The van der Waals surface area contributed by atoms with Crippen molar-refractivity contribution in [1.29, 1.82) is 0 Å². The quantitative estimate of drug-likeness (QED) is 0.729. The van der Waals surface area contributed by atoms with Crippen molar-refractivity contribution >= 4 is 0 Å². The minimum Gasteiger partial charge on any atom is -0.383 e. The molecule has 1 aliphatic carbocycles. The molecule has 1 saturated carbocycles. The molecule has 0 amide bonds. The molecule has 0 bridgehead atoms. The number of nitrogens with zero attached hydrogens (tertiary/aromatic N) is 2. The van der Waals surface area contributed by atoms with Crippen molar-refractivity contribution in [3.8, 4) is 0 Å². The average molecular weight is 263 g/mol. The van der Waals surface area contributed by atoms with Crippen molar-refractivity contribution in [2.45, 2.75) is 31.3 Å². The second kappa shape index (κ2) is 7.58. The van der Waals surface area contributed by atoms with Gasteiger partial charge in [0.05, 0.1) is 6.61 Å². The van der Waals surface area contributed by atoms with Gasteiger partial charge in [-0.15, -0.1) is 0 Å². The maximum Gasteiger partial charge on any atom is 0.0630 e. The highest BCUT2D eigenvalue weighted by molar-refractivity contribution is 5.09. The zero-order chi connectivity index (χ0) is 13.5. The van der Waals surface area contributed by atoms with Gasteiger partial charge in [0.15, 0.2) is 0 Å². The van der Waals surface area contributed by atoms with Crippen LogP contribution in [-0.2, 0) is 11.2 Å². The van der Waals surface area contributed by atoms with Gasteiger partial charge >= 0.3 is 0 Å². The molecule has 1 heterocycles. The Bertz CT molecular complexity index is 354. The lowest BCUT2D eigenvalue weighted by molar-refractivity contribution is 0.106. The summed E-state index contributed by atoms with van der Waals surface area (Å²) in [4.78, 5) is 6.44. The molecule has 0 saturated heterocycles. The molecule has 1 N–H and O–H groups in total. The second-order valence-electron chi connectivity index (χ2n) is 5.38. The van der Waals surface area contributed by atoms with Gasteiger partial charge < -0.3 is 10.1 Å². The van der Waals surface area contributed by atoms with E-state index in [2.05, 4.69) is 34.4 Å². The number of ether oxygens (including phenoxy) is 1. The van der Waals surface area contributed by atoms with Gasteiger partial charge in [-0.3, -0.25) is 9.88 Å². The summed E-state index contributed by atoms with van der Waals surface area (Å²) < 4.78 is 5.34. The van der Waals surface area contributed by atoms with E-state index in [1.54, 1.807) is 7.11 Å². The van der Waals surface area contributed by atoms with Crippen molar-refractivity contribution in [1.82, 2.24) is 15.2 Å². The molecule has 1 fully saturated rings. The van der Waals surface area contributed by atoms with Gasteiger partial charge in [-0.2, -0.15) is 0 Å². The Morgan fingerprint density at radius 2 is 2.16 bits per heavy atom. The zero-order valence-corrected chi connectivity index (χ0v) is 12.0. The first kappa shape index (κ1) is 14.4. The molecule has 1 aliphatic rings. The number of hydrogen-bond acceptors (Lipinski definition) is 4. The van der Waals surface area contributed by atoms with Gasteiger partial charge in [0.2, 0.25) is 0 Å². The molecule has 1 aromatic rings. The predicted molar refractivity (Wildman–Crippen MR) is 77.3 cm³/mol. The van der Waals surface area contributed by atoms with E-state index in [9.17, 15) is 0 Å². The molecule has 4 nitrogen and oxygen atoms in total. The van der Waals surface area contributed by atoms with Crippen molar-refractivity contribution in [3.63, 3.8) is 0 Å². The van der Waals surface area contributed by atoms with Crippen LogP contribution in [-0.4, -0.2) is 55.8 Å². The highest BCUT2D eigenvalue weighted by Crippen LogP contribution is 2.18. The number of pyridine rings is 1. The molecule has 106 valence electrons.